The van der Waals surface area contributed by atoms with Crippen LogP contribution in [0.15, 0.2) is 41.5 Å². The first kappa shape index (κ1) is 23.6. The lowest BCUT2D eigenvalue weighted by Gasteiger charge is -2.25. The van der Waals surface area contributed by atoms with Crippen molar-refractivity contribution in [2.45, 2.75) is 38.3 Å². The van der Waals surface area contributed by atoms with Gasteiger partial charge in [0.05, 0.1) is 18.8 Å². The molecular weight excluding hydrogens is 503 g/mol. The number of aliphatic imine (C=N–C) groups is 1. The van der Waals surface area contributed by atoms with Crippen LogP contribution in [-0.4, -0.2) is 53.2 Å². The van der Waals surface area contributed by atoms with E-state index in [1.54, 1.807) is 19.0 Å². The van der Waals surface area contributed by atoms with E-state index in [4.69, 9.17) is 4.99 Å². The van der Waals surface area contributed by atoms with Crippen LogP contribution >= 0.6 is 24.0 Å². The monoisotopic (exact) mass is 536 g/mol. The van der Waals surface area contributed by atoms with Gasteiger partial charge in [0.25, 0.3) is 0 Å². The predicted molar refractivity (Wildman–Crippen MR) is 134 cm³/mol. The predicted octanol–water partition coefficient (Wildman–Crippen LogP) is 3.02. The molecule has 31 heavy (non-hydrogen) atoms. The van der Waals surface area contributed by atoms with Crippen molar-refractivity contribution in [2.75, 3.05) is 20.6 Å². The van der Waals surface area contributed by atoms with Crippen LogP contribution in [0.4, 0.5) is 0 Å². The molecule has 0 radical (unpaired) electrons. The number of rotatable bonds is 6. The summed E-state index contributed by atoms with van der Waals surface area (Å²) in [6, 6.07) is 10.6. The smallest absolute Gasteiger partial charge is 0.241 e. The number of carbonyl (C=O) groups is 1. The van der Waals surface area contributed by atoms with Gasteiger partial charge in [-0.15, -0.1) is 24.0 Å². The largest absolute Gasteiger partial charge is 0.353 e. The second-order valence-electron chi connectivity index (χ2n) is 8.77. The number of likely N-dealkylation sites (N-methyl/N-ethyl adjacent to an activating group) is 1. The molecule has 2 bridgehead atoms. The van der Waals surface area contributed by atoms with E-state index in [1.807, 2.05) is 36.1 Å². The molecule has 1 heterocycles. The fourth-order valence-electron chi connectivity index (χ4n) is 4.72. The number of aryl methyl sites for hydroxylation is 1. The summed E-state index contributed by atoms with van der Waals surface area (Å²) in [5, 5.41) is 11.5. The lowest BCUT2D eigenvalue weighted by Crippen LogP contribution is -2.48. The Kier molecular flexibility index (Phi) is 7.96. The number of aromatic nitrogens is 2. The van der Waals surface area contributed by atoms with Gasteiger partial charge in [-0.2, -0.15) is 5.10 Å². The summed E-state index contributed by atoms with van der Waals surface area (Å²) < 4.78 is 1.83. The maximum atomic E-state index is 12.1. The first-order chi connectivity index (χ1) is 14.5. The number of fused-ring (bicyclic) bond motifs is 2. The minimum atomic E-state index is 0. The zero-order valence-electron chi connectivity index (χ0n) is 18.5. The second kappa shape index (κ2) is 10.5. The zero-order valence-corrected chi connectivity index (χ0v) is 20.9. The van der Waals surface area contributed by atoms with Crippen LogP contribution in [0.5, 0.6) is 0 Å². The average Bonchev–Trinajstić information content (AvgIpc) is 3.46. The Morgan fingerprint density at radius 1 is 1.23 bits per heavy atom. The number of nitrogens with one attached hydrogen (secondary N) is 2. The van der Waals surface area contributed by atoms with Gasteiger partial charge in [-0.1, -0.05) is 36.8 Å². The number of guanidine groups is 1. The average molecular weight is 536 g/mol. The minimum absolute atomic E-state index is 0. The fourth-order valence-corrected chi connectivity index (χ4v) is 4.72. The van der Waals surface area contributed by atoms with E-state index in [2.05, 4.69) is 27.9 Å². The number of benzene rings is 1. The van der Waals surface area contributed by atoms with Gasteiger partial charge in [0, 0.05) is 44.5 Å². The van der Waals surface area contributed by atoms with Crippen molar-refractivity contribution in [3.05, 3.63) is 42.1 Å². The topological polar surface area (TPSA) is 74.5 Å². The lowest BCUT2D eigenvalue weighted by atomic mass is 9.95. The van der Waals surface area contributed by atoms with E-state index in [9.17, 15) is 4.79 Å². The van der Waals surface area contributed by atoms with Crippen molar-refractivity contribution in [3.8, 4) is 11.3 Å². The van der Waals surface area contributed by atoms with Gasteiger partial charge in [-0.25, -0.2) is 4.99 Å². The molecule has 4 rings (SSSR count). The van der Waals surface area contributed by atoms with Crippen LogP contribution in [0, 0.1) is 11.8 Å². The van der Waals surface area contributed by atoms with E-state index in [1.165, 1.54) is 25.7 Å². The standard InChI is InChI=1S/C23H32N6O.HI/c1-28(2)21(30)14-25-23(26-20-12-16-9-10-18(20)11-16)24-13-19-15-29(3)27-22(19)17-7-5-4-6-8-17;/h4-8,15-16,18,20H,9-14H2,1-3H3,(H2,24,25,26);1H. The van der Waals surface area contributed by atoms with E-state index in [-0.39, 0.29) is 36.4 Å². The molecule has 1 amide bonds. The fraction of sp³-hybridized carbons (Fsp3) is 0.522. The van der Waals surface area contributed by atoms with Crippen molar-refractivity contribution in [1.29, 1.82) is 0 Å². The summed E-state index contributed by atoms with van der Waals surface area (Å²) in [5.74, 6) is 2.32. The molecule has 7 nitrogen and oxygen atoms in total. The maximum absolute atomic E-state index is 12.1. The SMILES string of the molecule is CN(C)C(=O)CNC(=NCc1cn(C)nc1-c1ccccc1)NC1CC2CCC1C2.I. The Hall–Kier alpha value is -2.10. The molecule has 2 saturated carbocycles. The van der Waals surface area contributed by atoms with Gasteiger partial charge >= 0.3 is 0 Å². The summed E-state index contributed by atoms with van der Waals surface area (Å²) in [6.07, 6.45) is 7.20. The van der Waals surface area contributed by atoms with E-state index in [0.29, 0.717) is 18.5 Å². The molecule has 0 saturated heterocycles. The Balaban J connectivity index is 0.00000272. The zero-order chi connectivity index (χ0) is 21.1. The molecule has 2 aromatic rings. The van der Waals surface area contributed by atoms with Crippen LogP contribution in [0.3, 0.4) is 0 Å². The van der Waals surface area contributed by atoms with E-state index in [0.717, 1.165) is 28.7 Å². The highest BCUT2D eigenvalue weighted by Gasteiger charge is 2.39. The molecule has 0 spiro atoms. The molecular formula is C23H33IN6O. The third-order valence-corrected chi connectivity index (χ3v) is 6.33. The normalized spacial score (nSPS) is 22.2. The summed E-state index contributed by atoms with van der Waals surface area (Å²) in [4.78, 5) is 18.5. The van der Waals surface area contributed by atoms with Gasteiger partial charge in [0.1, 0.15) is 0 Å². The third kappa shape index (κ3) is 5.78. The van der Waals surface area contributed by atoms with Crippen LogP contribution in [0.2, 0.25) is 0 Å². The van der Waals surface area contributed by atoms with Crippen molar-refractivity contribution in [3.63, 3.8) is 0 Å². The first-order valence-corrected chi connectivity index (χ1v) is 10.8. The number of nitrogens with zero attached hydrogens (tertiary/aromatic N) is 4. The number of hydrogen-bond donors (Lipinski definition) is 2. The molecule has 2 aliphatic carbocycles. The molecule has 2 aliphatic rings. The summed E-state index contributed by atoms with van der Waals surface area (Å²) >= 11 is 0. The van der Waals surface area contributed by atoms with Gasteiger partial charge in [-0.05, 0) is 31.1 Å². The van der Waals surface area contributed by atoms with Crippen molar-refractivity contribution >= 4 is 35.8 Å². The maximum Gasteiger partial charge on any atom is 0.241 e. The number of halogens is 1. The highest BCUT2D eigenvalue weighted by atomic mass is 127. The summed E-state index contributed by atoms with van der Waals surface area (Å²) in [6.45, 7) is 0.739. The Bertz CT molecular complexity index is 910. The van der Waals surface area contributed by atoms with Crippen LogP contribution in [0.1, 0.15) is 31.2 Å². The second-order valence-corrected chi connectivity index (χ2v) is 8.77. The molecule has 3 atom stereocenters. The lowest BCUT2D eigenvalue weighted by molar-refractivity contribution is -0.127. The quantitative estimate of drug-likeness (QED) is 0.338. The van der Waals surface area contributed by atoms with Crippen molar-refractivity contribution < 1.29 is 4.79 Å². The Morgan fingerprint density at radius 3 is 2.65 bits per heavy atom. The molecule has 2 fully saturated rings. The Labute approximate surface area is 201 Å². The van der Waals surface area contributed by atoms with Crippen molar-refractivity contribution in [2.24, 2.45) is 23.9 Å². The molecule has 168 valence electrons. The third-order valence-electron chi connectivity index (χ3n) is 6.33. The molecule has 2 N–H and O–H groups in total. The molecule has 8 heteroatoms. The first-order valence-electron chi connectivity index (χ1n) is 10.8. The van der Waals surface area contributed by atoms with Gasteiger partial charge in [-0.3, -0.25) is 9.48 Å². The van der Waals surface area contributed by atoms with E-state index < -0.39 is 0 Å². The number of carbonyl (C=O) groups excluding carboxylic acids is 1. The highest BCUT2D eigenvalue weighted by Crippen LogP contribution is 2.44. The number of amides is 1. The van der Waals surface area contributed by atoms with Crippen LogP contribution in [0.25, 0.3) is 11.3 Å². The summed E-state index contributed by atoms with van der Waals surface area (Å²) in [5.41, 5.74) is 3.10. The van der Waals surface area contributed by atoms with E-state index >= 15 is 0 Å². The highest BCUT2D eigenvalue weighted by molar-refractivity contribution is 14.0. The van der Waals surface area contributed by atoms with Crippen molar-refractivity contribution in [1.82, 2.24) is 25.3 Å². The molecule has 0 aliphatic heterocycles. The number of hydrogen-bond acceptors (Lipinski definition) is 3. The minimum Gasteiger partial charge on any atom is -0.353 e. The summed E-state index contributed by atoms with van der Waals surface area (Å²) in [7, 11) is 5.47. The van der Waals surface area contributed by atoms with Gasteiger partial charge in [0.15, 0.2) is 5.96 Å². The molecule has 1 aromatic heterocycles. The molecule has 3 unspecified atom stereocenters. The Morgan fingerprint density at radius 2 is 2.00 bits per heavy atom. The molecule has 1 aromatic carbocycles. The van der Waals surface area contributed by atoms with Gasteiger partial charge in [0.2, 0.25) is 5.91 Å². The van der Waals surface area contributed by atoms with Crippen LogP contribution in [-0.2, 0) is 18.4 Å². The van der Waals surface area contributed by atoms with Crippen LogP contribution < -0.4 is 10.6 Å². The van der Waals surface area contributed by atoms with Gasteiger partial charge < -0.3 is 15.5 Å².